The van der Waals surface area contributed by atoms with Gasteiger partial charge in [-0.1, -0.05) is 13.8 Å². The molecular formula is C15H31N3O2. The first kappa shape index (κ1) is 17.4. The molecule has 1 aliphatic heterocycles. The Morgan fingerprint density at radius 3 is 2.40 bits per heavy atom. The zero-order valence-electron chi connectivity index (χ0n) is 13.3. The van der Waals surface area contributed by atoms with E-state index in [-0.39, 0.29) is 0 Å². The van der Waals surface area contributed by atoms with Gasteiger partial charge in [0.2, 0.25) is 0 Å². The van der Waals surface area contributed by atoms with Gasteiger partial charge in [0.15, 0.2) is 0 Å². The van der Waals surface area contributed by atoms with Crippen molar-refractivity contribution in [1.29, 1.82) is 0 Å². The number of aliphatic carboxylic acids is 1. The molecular weight excluding hydrogens is 254 g/mol. The van der Waals surface area contributed by atoms with Crippen LogP contribution in [-0.4, -0.2) is 72.7 Å². The number of likely N-dealkylation sites (N-methyl/N-ethyl adjacent to an activating group) is 1. The fourth-order valence-corrected chi connectivity index (χ4v) is 2.76. The van der Waals surface area contributed by atoms with E-state index in [0.717, 1.165) is 52.1 Å². The van der Waals surface area contributed by atoms with Crippen LogP contribution in [0.15, 0.2) is 0 Å². The van der Waals surface area contributed by atoms with Crippen molar-refractivity contribution in [3.05, 3.63) is 0 Å². The molecule has 1 heterocycles. The monoisotopic (exact) mass is 285 g/mol. The van der Waals surface area contributed by atoms with E-state index in [1.807, 2.05) is 6.92 Å². The maximum atomic E-state index is 11.6. The molecule has 0 bridgehead atoms. The first-order valence-corrected chi connectivity index (χ1v) is 7.93. The van der Waals surface area contributed by atoms with Gasteiger partial charge in [0.25, 0.3) is 0 Å². The molecule has 20 heavy (non-hydrogen) atoms. The number of hydrogen-bond acceptors (Lipinski definition) is 4. The molecule has 1 rings (SSSR count). The topological polar surface area (TPSA) is 55.8 Å². The minimum absolute atomic E-state index is 0.644. The molecule has 118 valence electrons. The first-order valence-electron chi connectivity index (χ1n) is 7.93. The minimum atomic E-state index is -0.734. The summed E-state index contributed by atoms with van der Waals surface area (Å²) in [6, 6.07) is 0. The maximum Gasteiger partial charge on any atom is 0.323 e. The van der Waals surface area contributed by atoms with Gasteiger partial charge < -0.3 is 20.2 Å². The number of carbonyl (C=O) groups is 1. The maximum absolute atomic E-state index is 11.6. The average Bonchev–Trinajstić information content (AvgIpc) is 2.44. The molecule has 1 saturated heterocycles. The van der Waals surface area contributed by atoms with Crippen LogP contribution in [-0.2, 0) is 4.79 Å². The number of hydrogen-bond donors (Lipinski definition) is 2. The second kappa shape index (κ2) is 8.60. The van der Waals surface area contributed by atoms with Crippen LogP contribution in [0.2, 0.25) is 0 Å². The summed E-state index contributed by atoms with van der Waals surface area (Å²) in [6.45, 7) is 10.3. The van der Waals surface area contributed by atoms with Crippen LogP contribution < -0.4 is 5.32 Å². The Morgan fingerprint density at radius 1 is 1.25 bits per heavy atom. The zero-order chi connectivity index (χ0) is 15.0. The van der Waals surface area contributed by atoms with Gasteiger partial charge in [0, 0.05) is 26.2 Å². The van der Waals surface area contributed by atoms with Crippen LogP contribution in [0.4, 0.5) is 0 Å². The molecule has 0 aliphatic carbocycles. The van der Waals surface area contributed by atoms with Crippen LogP contribution >= 0.6 is 0 Å². The summed E-state index contributed by atoms with van der Waals surface area (Å²) < 4.78 is 0. The molecule has 1 fully saturated rings. The molecule has 2 N–H and O–H groups in total. The Hall–Kier alpha value is -0.650. The fourth-order valence-electron chi connectivity index (χ4n) is 2.76. The second-order valence-corrected chi connectivity index (χ2v) is 5.92. The van der Waals surface area contributed by atoms with Gasteiger partial charge >= 0.3 is 5.97 Å². The van der Waals surface area contributed by atoms with Crippen molar-refractivity contribution >= 4 is 5.97 Å². The second-order valence-electron chi connectivity index (χ2n) is 5.92. The summed E-state index contributed by atoms with van der Waals surface area (Å²) >= 11 is 0. The van der Waals surface area contributed by atoms with Crippen molar-refractivity contribution in [2.24, 2.45) is 0 Å². The third-order valence-electron chi connectivity index (χ3n) is 4.40. The number of carboxylic acid groups (broad SMARTS) is 1. The van der Waals surface area contributed by atoms with Gasteiger partial charge in [-0.2, -0.15) is 0 Å². The molecule has 0 aromatic carbocycles. The molecule has 5 nitrogen and oxygen atoms in total. The Labute approximate surface area is 123 Å². The minimum Gasteiger partial charge on any atom is -0.480 e. The van der Waals surface area contributed by atoms with E-state index in [0.29, 0.717) is 12.8 Å². The molecule has 0 saturated carbocycles. The van der Waals surface area contributed by atoms with Gasteiger partial charge in [0.1, 0.15) is 5.54 Å². The molecule has 0 radical (unpaired) electrons. The lowest BCUT2D eigenvalue weighted by Gasteiger charge is -2.34. The number of piperazine rings is 1. The standard InChI is InChI=1S/C15H31N3O2/c1-4-8-16-15(5-2,14(19)20)7-6-9-18-12-10-17(3)11-13-18/h16H,4-13H2,1-3H3,(H,19,20). The fraction of sp³-hybridized carbons (Fsp3) is 0.933. The third-order valence-corrected chi connectivity index (χ3v) is 4.40. The summed E-state index contributed by atoms with van der Waals surface area (Å²) in [5.74, 6) is -0.702. The lowest BCUT2D eigenvalue weighted by atomic mass is 9.90. The van der Waals surface area contributed by atoms with Gasteiger partial charge in [-0.25, -0.2) is 0 Å². The average molecular weight is 285 g/mol. The van der Waals surface area contributed by atoms with E-state index < -0.39 is 11.5 Å². The van der Waals surface area contributed by atoms with Crippen LogP contribution in [0.3, 0.4) is 0 Å². The Balaban J connectivity index is 2.39. The lowest BCUT2D eigenvalue weighted by molar-refractivity contribution is -0.145. The molecule has 0 spiro atoms. The highest BCUT2D eigenvalue weighted by atomic mass is 16.4. The highest BCUT2D eigenvalue weighted by molar-refractivity contribution is 5.78. The normalized spacial score (nSPS) is 20.8. The van der Waals surface area contributed by atoms with Crippen molar-refractivity contribution in [1.82, 2.24) is 15.1 Å². The van der Waals surface area contributed by atoms with Crippen molar-refractivity contribution in [2.45, 2.75) is 45.1 Å². The number of carboxylic acids is 1. The van der Waals surface area contributed by atoms with Crippen molar-refractivity contribution < 1.29 is 9.90 Å². The number of nitrogens with one attached hydrogen (secondary N) is 1. The Morgan fingerprint density at radius 2 is 1.90 bits per heavy atom. The van der Waals surface area contributed by atoms with Gasteiger partial charge in [0.05, 0.1) is 0 Å². The predicted molar refractivity (Wildman–Crippen MR) is 82.1 cm³/mol. The van der Waals surface area contributed by atoms with E-state index in [1.165, 1.54) is 0 Å². The summed E-state index contributed by atoms with van der Waals surface area (Å²) in [5, 5.41) is 12.8. The summed E-state index contributed by atoms with van der Waals surface area (Å²) in [6.07, 6.45) is 3.27. The highest BCUT2D eigenvalue weighted by Crippen LogP contribution is 2.19. The molecule has 1 unspecified atom stereocenters. The Kier molecular flexibility index (Phi) is 7.48. The predicted octanol–water partition coefficient (Wildman–Crippen LogP) is 1.25. The molecule has 5 heteroatoms. The summed E-state index contributed by atoms with van der Waals surface area (Å²) in [4.78, 5) is 16.4. The van der Waals surface area contributed by atoms with E-state index in [4.69, 9.17) is 0 Å². The molecule has 0 amide bonds. The molecule has 1 aliphatic rings. The summed E-state index contributed by atoms with van der Waals surface area (Å²) in [7, 11) is 2.15. The van der Waals surface area contributed by atoms with E-state index >= 15 is 0 Å². The largest absolute Gasteiger partial charge is 0.480 e. The van der Waals surface area contributed by atoms with Crippen molar-refractivity contribution in [3.63, 3.8) is 0 Å². The van der Waals surface area contributed by atoms with E-state index in [9.17, 15) is 9.90 Å². The summed E-state index contributed by atoms with van der Waals surface area (Å²) in [5.41, 5.74) is -0.734. The lowest BCUT2D eigenvalue weighted by Crippen LogP contribution is -2.52. The van der Waals surface area contributed by atoms with Gasteiger partial charge in [-0.05, 0) is 45.8 Å². The Bertz CT molecular complexity index is 291. The smallest absolute Gasteiger partial charge is 0.323 e. The molecule has 1 atom stereocenters. The molecule has 0 aromatic heterocycles. The highest BCUT2D eigenvalue weighted by Gasteiger charge is 2.35. The van der Waals surface area contributed by atoms with E-state index in [2.05, 4.69) is 29.1 Å². The number of nitrogens with zero attached hydrogens (tertiary/aromatic N) is 2. The molecule has 0 aromatic rings. The first-order chi connectivity index (χ1) is 9.54. The van der Waals surface area contributed by atoms with Crippen molar-refractivity contribution in [2.75, 3.05) is 46.3 Å². The number of rotatable bonds is 9. The SMILES string of the molecule is CCCNC(CC)(CCCN1CCN(C)CC1)C(=O)O. The van der Waals surface area contributed by atoms with Crippen LogP contribution in [0.25, 0.3) is 0 Å². The van der Waals surface area contributed by atoms with Crippen LogP contribution in [0, 0.1) is 0 Å². The van der Waals surface area contributed by atoms with Gasteiger partial charge in [-0.15, -0.1) is 0 Å². The van der Waals surface area contributed by atoms with E-state index in [1.54, 1.807) is 0 Å². The van der Waals surface area contributed by atoms with Crippen molar-refractivity contribution in [3.8, 4) is 0 Å². The van der Waals surface area contributed by atoms with Crippen LogP contribution in [0.5, 0.6) is 0 Å². The zero-order valence-corrected chi connectivity index (χ0v) is 13.3. The quantitative estimate of drug-likeness (QED) is 0.668. The third kappa shape index (κ3) is 5.04. The van der Waals surface area contributed by atoms with Gasteiger partial charge in [-0.3, -0.25) is 4.79 Å². The van der Waals surface area contributed by atoms with Crippen LogP contribution in [0.1, 0.15) is 39.5 Å².